The first-order valence-corrected chi connectivity index (χ1v) is 10.1. The van der Waals surface area contributed by atoms with Crippen molar-refractivity contribution in [1.29, 1.82) is 0 Å². The number of nitrogens with one attached hydrogen (secondary N) is 1. The summed E-state index contributed by atoms with van der Waals surface area (Å²) in [5.41, 5.74) is 1.98. The Kier molecular flexibility index (Phi) is 5.28. The number of aromatic nitrogens is 2. The third-order valence-electron chi connectivity index (χ3n) is 4.24. The summed E-state index contributed by atoms with van der Waals surface area (Å²) in [4.78, 5) is 18.3. The lowest BCUT2D eigenvalue weighted by atomic mass is 10.2. The number of hydrogen-bond acceptors (Lipinski definition) is 5. The van der Waals surface area contributed by atoms with Crippen molar-refractivity contribution in [3.63, 3.8) is 0 Å². The smallest absolute Gasteiger partial charge is 0.260 e. The Bertz CT molecular complexity index is 876. The van der Waals surface area contributed by atoms with Crippen LogP contribution >= 0.6 is 0 Å². The van der Waals surface area contributed by atoms with Crippen molar-refractivity contribution in [2.45, 2.75) is 19.5 Å². The Morgan fingerprint density at radius 1 is 1.35 bits per heavy atom. The molecule has 2 aromatic rings. The highest BCUT2D eigenvalue weighted by Crippen LogP contribution is 2.21. The number of hydrogen-bond donors (Lipinski definition) is 1. The fraction of sp³-hybridized carbons (Fsp3) is 0.412. The van der Waals surface area contributed by atoms with E-state index < -0.39 is 10.0 Å². The van der Waals surface area contributed by atoms with E-state index in [4.69, 9.17) is 4.74 Å². The minimum Gasteiger partial charge on any atom is -0.484 e. The van der Waals surface area contributed by atoms with Crippen LogP contribution < -0.4 is 9.46 Å². The van der Waals surface area contributed by atoms with E-state index in [0.29, 0.717) is 18.8 Å². The molecule has 140 valence electrons. The van der Waals surface area contributed by atoms with Crippen LogP contribution in [0.2, 0.25) is 0 Å². The Hall–Kier alpha value is -2.39. The number of ether oxygens (including phenoxy) is 1. The van der Waals surface area contributed by atoms with Crippen LogP contribution in [0.3, 0.4) is 0 Å². The van der Waals surface area contributed by atoms with Gasteiger partial charge in [0.2, 0.25) is 10.0 Å². The summed E-state index contributed by atoms with van der Waals surface area (Å²) in [6, 6.07) is 7.29. The van der Waals surface area contributed by atoms with Gasteiger partial charge in [-0.2, -0.15) is 0 Å². The number of carbonyl (C=O) groups is 1. The van der Waals surface area contributed by atoms with E-state index >= 15 is 0 Å². The standard InChI is InChI=1S/C17H22N4O4S/c1-13-3-5-16(6-4-13)25-11-17(22)20-9-14-7-18-12-21(14)15(10-20)8-19-26(2,23)24/h3-7,12,15,19H,8-11H2,1-2H3/t15-/m1/s1. The van der Waals surface area contributed by atoms with Gasteiger partial charge in [-0.25, -0.2) is 18.1 Å². The molecule has 0 unspecified atom stereocenters. The molecule has 0 radical (unpaired) electrons. The molecule has 0 fully saturated rings. The topological polar surface area (TPSA) is 93.5 Å². The highest BCUT2D eigenvalue weighted by Gasteiger charge is 2.28. The summed E-state index contributed by atoms with van der Waals surface area (Å²) in [6.07, 6.45) is 4.46. The van der Waals surface area contributed by atoms with Gasteiger partial charge in [-0.3, -0.25) is 4.79 Å². The molecule has 0 saturated heterocycles. The minimum atomic E-state index is -3.31. The monoisotopic (exact) mass is 378 g/mol. The molecule has 1 aromatic heterocycles. The molecule has 1 N–H and O–H groups in total. The molecule has 0 spiro atoms. The van der Waals surface area contributed by atoms with Gasteiger partial charge in [0, 0.05) is 19.3 Å². The quantitative estimate of drug-likeness (QED) is 0.799. The van der Waals surface area contributed by atoms with Crippen LogP contribution in [0.1, 0.15) is 17.3 Å². The molecule has 0 bridgehead atoms. The van der Waals surface area contributed by atoms with Gasteiger partial charge < -0.3 is 14.2 Å². The van der Waals surface area contributed by atoms with Crippen LogP contribution in [-0.2, 0) is 21.4 Å². The Labute approximate surface area is 152 Å². The zero-order valence-corrected chi connectivity index (χ0v) is 15.6. The fourth-order valence-corrected chi connectivity index (χ4v) is 3.35. The summed E-state index contributed by atoms with van der Waals surface area (Å²) in [7, 11) is -3.31. The number of nitrogens with zero attached hydrogens (tertiary/aromatic N) is 3. The van der Waals surface area contributed by atoms with E-state index in [9.17, 15) is 13.2 Å². The van der Waals surface area contributed by atoms with Crippen molar-refractivity contribution < 1.29 is 17.9 Å². The van der Waals surface area contributed by atoms with Gasteiger partial charge in [-0.1, -0.05) is 17.7 Å². The highest BCUT2D eigenvalue weighted by molar-refractivity contribution is 7.88. The lowest BCUT2D eigenvalue weighted by molar-refractivity contribution is -0.135. The fourth-order valence-electron chi connectivity index (χ4n) is 2.86. The lowest BCUT2D eigenvalue weighted by Gasteiger charge is -2.34. The van der Waals surface area contributed by atoms with Gasteiger partial charge in [0.25, 0.3) is 5.91 Å². The lowest BCUT2D eigenvalue weighted by Crippen LogP contribution is -2.46. The molecule has 26 heavy (non-hydrogen) atoms. The molecular weight excluding hydrogens is 356 g/mol. The van der Waals surface area contributed by atoms with Crippen LogP contribution in [0, 0.1) is 6.92 Å². The molecule has 1 aliphatic rings. The zero-order chi connectivity index (χ0) is 18.7. The number of benzene rings is 1. The van der Waals surface area contributed by atoms with Crippen molar-refractivity contribution in [3.8, 4) is 5.75 Å². The van der Waals surface area contributed by atoms with Crippen molar-refractivity contribution in [3.05, 3.63) is 48.0 Å². The van der Waals surface area contributed by atoms with E-state index in [0.717, 1.165) is 17.5 Å². The Balaban J connectivity index is 1.64. The number of aryl methyl sites for hydroxylation is 1. The van der Waals surface area contributed by atoms with Crippen LogP contribution in [0.15, 0.2) is 36.8 Å². The average Bonchev–Trinajstić information content (AvgIpc) is 3.06. The van der Waals surface area contributed by atoms with Crippen LogP contribution in [0.4, 0.5) is 0 Å². The third-order valence-corrected chi connectivity index (χ3v) is 4.93. The number of rotatable bonds is 6. The molecule has 2 heterocycles. The Morgan fingerprint density at radius 3 is 2.77 bits per heavy atom. The number of imidazole rings is 1. The second-order valence-electron chi connectivity index (χ2n) is 6.44. The maximum Gasteiger partial charge on any atom is 0.260 e. The highest BCUT2D eigenvalue weighted by atomic mass is 32.2. The van der Waals surface area contributed by atoms with Crippen molar-refractivity contribution in [1.82, 2.24) is 19.2 Å². The van der Waals surface area contributed by atoms with E-state index in [1.165, 1.54) is 0 Å². The number of fused-ring (bicyclic) bond motifs is 1. The van der Waals surface area contributed by atoms with Crippen LogP contribution in [0.5, 0.6) is 5.75 Å². The van der Waals surface area contributed by atoms with Crippen LogP contribution in [0.25, 0.3) is 0 Å². The van der Waals surface area contributed by atoms with Gasteiger partial charge in [0.05, 0.1) is 30.9 Å². The normalized spacial score (nSPS) is 17.0. The first-order chi connectivity index (χ1) is 12.3. The zero-order valence-electron chi connectivity index (χ0n) is 14.8. The van der Waals surface area contributed by atoms with E-state index in [-0.39, 0.29) is 25.1 Å². The molecule has 1 amide bonds. The third kappa shape index (κ3) is 4.61. The number of carbonyl (C=O) groups excluding carboxylic acids is 1. The predicted octanol–water partition coefficient (Wildman–Crippen LogP) is 0.703. The minimum absolute atomic E-state index is 0.0660. The SMILES string of the molecule is Cc1ccc(OCC(=O)N2Cc3cncn3[C@H](CNS(C)(=O)=O)C2)cc1. The summed E-state index contributed by atoms with van der Waals surface area (Å²) in [6.45, 7) is 2.93. The molecule has 1 aromatic carbocycles. The predicted molar refractivity (Wildman–Crippen MR) is 96.2 cm³/mol. The summed E-state index contributed by atoms with van der Waals surface area (Å²) in [5.74, 6) is 0.490. The number of sulfonamides is 1. The largest absolute Gasteiger partial charge is 0.484 e. The molecule has 1 atom stereocenters. The molecule has 8 nitrogen and oxygen atoms in total. The molecule has 1 aliphatic heterocycles. The summed E-state index contributed by atoms with van der Waals surface area (Å²) < 4.78 is 32.7. The second kappa shape index (κ2) is 7.46. The summed E-state index contributed by atoms with van der Waals surface area (Å²) in [5, 5.41) is 0. The van der Waals surface area contributed by atoms with Crippen molar-refractivity contribution in [2.75, 3.05) is 26.0 Å². The van der Waals surface area contributed by atoms with E-state index in [2.05, 4.69) is 9.71 Å². The first kappa shape index (κ1) is 18.4. The summed E-state index contributed by atoms with van der Waals surface area (Å²) >= 11 is 0. The van der Waals surface area contributed by atoms with Crippen LogP contribution in [-0.4, -0.2) is 54.7 Å². The molecular formula is C17H22N4O4S. The van der Waals surface area contributed by atoms with Gasteiger partial charge in [-0.15, -0.1) is 0 Å². The van der Waals surface area contributed by atoms with E-state index in [1.54, 1.807) is 17.4 Å². The maximum atomic E-state index is 12.5. The van der Waals surface area contributed by atoms with Gasteiger partial charge in [-0.05, 0) is 19.1 Å². The first-order valence-electron chi connectivity index (χ1n) is 8.24. The molecule has 0 saturated carbocycles. The molecule has 3 rings (SSSR count). The van der Waals surface area contributed by atoms with Gasteiger partial charge >= 0.3 is 0 Å². The van der Waals surface area contributed by atoms with E-state index in [1.807, 2.05) is 35.8 Å². The number of amides is 1. The average molecular weight is 378 g/mol. The Morgan fingerprint density at radius 2 is 2.08 bits per heavy atom. The van der Waals surface area contributed by atoms with Crippen molar-refractivity contribution in [2.24, 2.45) is 0 Å². The molecule has 9 heteroatoms. The maximum absolute atomic E-state index is 12.5. The van der Waals surface area contributed by atoms with Gasteiger partial charge in [0.15, 0.2) is 6.61 Å². The second-order valence-corrected chi connectivity index (χ2v) is 8.28. The van der Waals surface area contributed by atoms with Gasteiger partial charge in [0.1, 0.15) is 5.75 Å². The van der Waals surface area contributed by atoms with Crippen molar-refractivity contribution >= 4 is 15.9 Å². The molecule has 0 aliphatic carbocycles.